The van der Waals surface area contributed by atoms with Crippen LogP contribution in [0.15, 0.2) is 0 Å². The molecule has 0 spiro atoms. The molecule has 2 N–H and O–H groups in total. The summed E-state index contributed by atoms with van der Waals surface area (Å²) in [4.78, 5) is 36.6. The van der Waals surface area contributed by atoms with E-state index in [0.717, 1.165) is 25.7 Å². The molecule has 2 aliphatic rings. The standard InChI is InChI=1S/C15H24N2O4/c1-11(18)17-8-4-12(5-9-17)16-13(19)10-15(14(20)21)6-2-3-7-15/h12H,2-10H2,1H3,(H,16,19)(H,20,21). The zero-order valence-corrected chi connectivity index (χ0v) is 12.6. The molecule has 1 saturated heterocycles. The van der Waals surface area contributed by atoms with Crippen molar-refractivity contribution in [1.29, 1.82) is 0 Å². The van der Waals surface area contributed by atoms with Gasteiger partial charge < -0.3 is 15.3 Å². The highest BCUT2D eigenvalue weighted by atomic mass is 16.4. The van der Waals surface area contributed by atoms with Crippen LogP contribution in [0.2, 0.25) is 0 Å². The van der Waals surface area contributed by atoms with Gasteiger partial charge in [0, 0.05) is 32.5 Å². The van der Waals surface area contributed by atoms with Crippen molar-refractivity contribution in [3.63, 3.8) is 0 Å². The quantitative estimate of drug-likeness (QED) is 0.814. The molecule has 0 bridgehead atoms. The SMILES string of the molecule is CC(=O)N1CCC(NC(=O)CC2(C(=O)O)CCCC2)CC1. The van der Waals surface area contributed by atoms with E-state index in [9.17, 15) is 19.5 Å². The van der Waals surface area contributed by atoms with Crippen molar-refractivity contribution < 1.29 is 19.5 Å². The molecule has 0 aromatic carbocycles. The lowest BCUT2D eigenvalue weighted by molar-refractivity contribution is -0.151. The molecule has 21 heavy (non-hydrogen) atoms. The van der Waals surface area contributed by atoms with Crippen LogP contribution in [-0.4, -0.2) is 46.9 Å². The predicted octanol–water partition coefficient (Wildman–Crippen LogP) is 1.15. The Morgan fingerprint density at radius 3 is 2.24 bits per heavy atom. The average molecular weight is 296 g/mol. The predicted molar refractivity (Wildman–Crippen MR) is 76.6 cm³/mol. The molecule has 6 heteroatoms. The number of rotatable bonds is 4. The number of hydrogen-bond donors (Lipinski definition) is 2. The number of nitrogens with zero attached hydrogens (tertiary/aromatic N) is 1. The molecule has 6 nitrogen and oxygen atoms in total. The first-order valence-electron chi connectivity index (χ1n) is 7.71. The Hall–Kier alpha value is -1.59. The molecule has 0 unspecified atom stereocenters. The average Bonchev–Trinajstić information content (AvgIpc) is 2.89. The molecule has 2 fully saturated rings. The number of likely N-dealkylation sites (tertiary alicyclic amines) is 1. The van der Waals surface area contributed by atoms with E-state index in [1.165, 1.54) is 0 Å². The number of piperidine rings is 1. The Labute approximate surface area is 124 Å². The topological polar surface area (TPSA) is 86.7 Å². The molecular formula is C15H24N2O4. The molecule has 2 amide bonds. The van der Waals surface area contributed by atoms with Crippen LogP contribution in [0.3, 0.4) is 0 Å². The largest absolute Gasteiger partial charge is 0.481 e. The number of aliphatic carboxylic acids is 1. The highest BCUT2D eigenvalue weighted by Gasteiger charge is 2.43. The summed E-state index contributed by atoms with van der Waals surface area (Å²) in [5, 5.41) is 12.3. The van der Waals surface area contributed by atoms with E-state index in [4.69, 9.17) is 0 Å². The summed E-state index contributed by atoms with van der Waals surface area (Å²) in [7, 11) is 0. The van der Waals surface area contributed by atoms with Crippen LogP contribution in [0.1, 0.15) is 51.9 Å². The third kappa shape index (κ3) is 3.74. The first-order valence-corrected chi connectivity index (χ1v) is 7.71. The second-order valence-electron chi connectivity index (χ2n) is 6.32. The lowest BCUT2D eigenvalue weighted by Gasteiger charge is -2.32. The van der Waals surface area contributed by atoms with Crippen LogP contribution >= 0.6 is 0 Å². The van der Waals surface area contributed by atoms with Crippen molar-refractivity contribution in [3.8, 4) is 0 Å². The molecule has 1 heterocycles. The van der Waals surface area contributed by atoms with Gasteiger partial charge in [0.05, 0.1) is 5.41 Å². The third-order valence-electron chi connectivity index (χ3n) is 4.82. The van der Waals surface area contributed by atoms with Crippen molar-refractivity contribution in [2.45, 2.75) is 57.9 Å². The van der Waals surface area contributed by atoms with Crippen molar-refractivity contribution in [3.05, 3.63) is 0 Å². The number of hydrogen-bond acceptors (Lipinski definition) is 3. The van der Waals surface area contributed by atoms with Crippen molar-refractivity contribution in [2.24, 2.45) is 5.41 Å². The smallest absolute Gasteiger partial charge is 0.310 e. The fourth-order valence-electron chi connectivity index (χ4n) is 3.44. The molecule has 1 saturated carbocycles. The molecule has 118 valence electrons. The van der Waals surface area contributed by atoms with Crippen LogP contribution < -0.4 is 5.32 Å². The van der Waals surface area contributed by atoms with E-state index in [2.05, 4.69) is 5.32 Å². The summed E-state index contributed by atoms with van der Waals surface area (Å²) in [5.41, 5.74) is -0.857. The molecule has 1 aliphatic heterocycles. The summed E-state index contributed by atoms with van der Waals surface area (Å²) in [5.74, 6) is -0.947. The number of carbonyl (C=O) groups excluding carboxylic acids is 2. The minimum absolute atomic E-state index is 0.0559. The van der Waals surface area contributed by atoms with E-state index in [-0.39, 0.29) is 24.3 Å². The van der Waals surface area contributed by atoms with Crippen molar-refractivity contribution in [1.82, 2.24) is 10.2 Å². The van der Waals surface area contributed by atoms with Gasteiger partial charge in [-0.15, -0.1) is 0 Å². The summed E-state index contributed by atoms with van der Waals surface area (Å²) in [6.45, 7) is 2.87. The normalized spacial score (nSPS) is 22.0. The summed E-state index contributed by atoms with van der Waals surface area (Å²) < 4.78 is 0. The first kappa shape index (κ1) is 15.8. The van der Waals surface area contributed by atoms with Gasteiger partial charge in [-0.2, -0.15) is 0 Å². The van der Waals surface area contributed by atoms with Gasteiger partial charge in [-0.1, -0.05) is 12.8 Å². The van der Waals surface area contributed by atoms with Gasteiger partial charge in [0.1, 0.15) is 0 Å². The number of carboxylic acid groups (broad SMARTS) is 1. The lowest BCUT2D eigenvalue weighted by Crippen LogP contribution is -2.47. The van der Waals surface area contributed by atoms with Crippen molar-refractivity contribution in [2.75, 3.05) is 13.1 Å². The van der Waals surface area contributed by atoms with Crippen LogP contribution in [0.5, 0.6) is 0 Å². The van der Waals surface area contributed by atoms with E-state index in [0.29, 0.717) is 25.9 Å². The van der Waals surface area contributed by atoms with Gasteiger partial charge in [0.25, 0.3) is 0 Å². The van der Waals surface area contributed by atoms with Crippen LogP contribution in [-0.2, 0) is 14.4 Å². The molecular weight excluding hydrogens is 272 g/mol. The second kappa shape index (κ2) is 6.45. The minimum atomic E-state index is -0.857. The molecule has 0 aromatic rings. The summed E-state index contributed by atoms with van der Waals surface area (Å²) in [6.07, 6.45) is 4.52. The van der Waals surface area contributed by atoms with E-state index in [1.807, 2.05) is 0 Å². The Morgan fingerprint density at radius 2 is 1.76 bits per heavy atom. The maximum Gasteiger partial charge on any atom is 0.310 e. The minimum Gasteiger partial charge on any atom is -0.481 e. The number of carbonyl (C=O) groups is 3. The third-order valence-corrected chi connectivity index (χ3v) is 4.82. The van der Waals surface area contributed by atoms with E-state index < -0.39 is 11.4 Å². The molecule has 2 rings (SSSR count). The Kier molecular flexibility index (Phi) is 4.85. The maximum atomic E-state index is 12.1. The molecule has 1 aliphatic carbocycles. The van der Waals surface area contributed by atoms with Gasteiger partial charge in [-0.3, -0.25) is 14.4 Å². The van der Waals surface area contributed by atoms with Gasteiger partial charge in [-0.05, 0) is 25.7 Å². The zero-order chi connectivity index (χ0) is 15.5. The van der Waals surface area contributed by atoms with Crippen LogP contribution in [0.4, 0.5) is 0 Å². The monoisotopic (exact) mass is 296 g/mol. The van der Waals surface area contributed by atoms with Crippen LogP contribution in [0, 0.1) is 5.41 Å². The highest BCUT2D eigenvalue weighted by Crippen LogP contribution is 2.41. The fraction of sp³-hybridized carbons (Fsp3) is 0.800. The van der Waals surface area contributed by atoms with Gasteiger partial charge in [0.2, 0.25) is 11.8 Å². The van der Waals surface area contributed by atoms with Gasteiger partial charge in [-0.25, -0.2) is 0 Å². The molecule has 0 aromatic heterocycles. The van der Waals surface area contributed by atoms with Gasteiger partial charge >= 0.3 is 5.97 Å². The van der Waals surface area contributed by atoms with Gasteiger partial charge in [0.15, 0.2) is 0 Å². The zero-order valence-electron chi connectivity index (χ0n) is 12.6. The number of amides is 2. The van der Waals surface area contributed by atoms with Crippen LogP contribution in [0.25, 0.3) is 0 Å². The number of nitrogens with one attached hydrogen (secondary N) is 1. The second-order valence-corrected chi connectivity index (χ2v) is 6.32. The fourth-order valence-corrected chi connectivity index (χ4v) is 3.44. The first-order chi connectivity index (χ1) is 9.93. The highest BCUT2D eigenvalue weighted by molar-refractivity contribution is 5.85. The van der Waals surface area contributed by atoms with E-state index in [1.54, 1.807) is 11.8 Å². The Morgan fingerprint density at radius 1 is 1.19 bits per heavy atom. The molecule has 0 radical (unpaired) electrons. The van der Waals surface area contributed by atoms with Crippen molar-refractivity contribution >= 4 is 17.8 Å². The number of carboxylic acids is 1. The molecule has 0 atom stereocenters. The summed E-state index contributed by atoms with van der Waals surface area (Å²) in [6, 6.07) is 0.0559. The maximum absolute atomic E-state index is 12.1. The Bertz CT molecular complexity index is 421. The summed E-state index contributed by atoms with van der Waals surface area (Å²) >= 11 is 0. The Balaban J connectivity index is 1.82. The van der Waals surface area contributed by atoms with E-state index >= 15 is 0 Å². The lowest BCUT2D eigenvalue weighted by atomic mass is 9.82.